The third-order valence-electron chi connectivity index (χ3n) is 1.64. The first-order valence-electron chi connectivity index (χ1n) is 4.55. The molecule has 68 valence electrons. The van der Waals surface area contributed by atoms with Crippen molar-refractivity contribution in [3.63, 3.8) is 0 Å². The quantitative estimate of drug-likeness (QED) is 0.437. The van der Waals surface area contributed by atoms with Gasteiger partial charge in [0.2, 0.25) is 0 Å². The number of Topliss-reactive ketones (excluding diaryl/α,β-unsaturated/α-hetero) is 1. The number of carbonyl (C=O) groups excluding carboxylic acids is 1. The molecule has 0 unspecified atom stereocenters. The maximum absolute atomic E-state index is 11.1. The number of rotatable bonds is 6. The standard InChI is InChI=1S/C11H18O/c1-3-5-7-8-10-11(12)9-6-4-2/h3-6H,7-10H2,1-2H3. The molecule has 12 heavy (non-hydrogen) atoms. The summed E-state index contributed by atoms with van der Waals surface area (Å²) < 4.78 is 0. The van der Waals surface area contributed by atoms with Crippen LogP contribution in [0.4, 0.5) is 0 Å². The SMILES string of the molecule is CC=CCCCC(=O)CC=CC. The minimum Gasteiger partial charge on any atom is -0.299 e. The van der Waals surface area contributed by atoms with Crippen LogP contribution in [0.15, 0.2) is 24.3 Å². The highest BCUT2D eigenvalue weighted by molar-refractivity contribution is 5.79. The molecule has 0 N–H and O–H groups in total. The molecule has 0 fully saturated rings. The summed E-state index contributed by atoms with van der Waals surface area (Å²) in [5.74, 6) is 0.345. The fourth-order valence-corrected chi connectivity index (χ4v) is 0.935. The first kappa shape index (κ1) is 11.2. The molecule has 0 aliphatic rings. The summed E-state index contributed by atoms with van der Waals surface area (Å²) in [5, 5.41) is 0. The fraction of sp³-hybridized carbons (Fsp3) is 0.545. The van der Waals surface area contributed by atoms with Crippen molar-refractivity contribution in [2.45, 2.75) is 39.5 Å². The van der Waals surface area contributed by atoms with Gasteiger partial charge in [0.15, 0.2) is 0 Å². The molecule has 0 heterocycles. The van der Waals surface area contributed by atoms with E-state index < -0.39 is 0 Å². The number of allylic oxidation sites excluding steroid dienone is 4. The zero-order valence-corrected chi connectivity index (χ0v) is 8.05. The van der Waals surface area contributed by atoms with Crippen LogP contribution in [0.3, 0.4) is 0 Å². The summed E-state index contributed by atoms with van der Waals surface area (Å²) in [6.07, 6.45) is 11.3. The van der Waals surface area contributed by atoms with Gasteiger partial charge < -0.3 is 0 Å². The van der Waals surface area contributed by atoms with Crippen LogP contribution < -0.4 is 0 Å². The van der Waals surface area contributed by atoms with Crippen molar-refractivity contribution in [2.75, 3.05) is 0 Å². The Hall–Kier alpha value is -0.850. The van der Waals surface area contributed by atoms with Crippen LogP contribution in [0.2, 0.25) is 0 Å². The van der Waals surface area contributed by atoms with Gasteiger partial charge in [0.25, 0.3) is 0 Å². The Balaban J connectivity index is 3.31. The van der Waals surface area contributed by atoms with Crippen LogP contribution in [0.25, 0.3) is 0 Å². The predicted molar refractivity (Wildman–Crippen MR) is 53.1 cm³/mol. The molecular weight excluding hydrogens is 148 g/mol. The van der Waals surface area contributed by atoms with E-state index in [9.17, 15) is 4.79 Å². The van der Waals surface area contributed by atoms with Crippen molar-refractivity contribution in [1.29, 1.82) is 0 Å². The molecule has 0 aromatic carbocycles. The minimum atomic E-state index is 0.345. The Kier molecular flexibility index (Phi) is 7.66. The molecule has 0 aromatic rings. The molecule has 0 atom stereocenters. The lowest BCUT2D eigenvalue weighted by Crippen LogP contribution is -1.94. The average Bonchev–Trinajstić information content (AvgIpc) is 2.09. The number of hydrogen-bond donors (Lipinski definition) is 0. The van der Waals surface area contributed by atoms with Gasteiger partial charge in [0.1, 0.15) is 5.78 Å². The summed E-state index contributed by atoms with van der Waals surface area (Å²) >= 11 is 0. The van der Waals surface area contributed by atoms with Gasteiger partial charge in [0.05, 0.1) is 0 Å². The van der Waals surface area contributed by atoms with Crippen molar-refractivity contribution in [1.82, 2.24) is 0 Å². The van der Waals surface area contributed by atoms with Gasteiger partial charge in [-0.1, -0.05) is 24.3 Å². The van der Waals surface area contributed by atoms with Crippen LogP contribution in [-0.4, -0.2) is 5.78 Å². The Morgan fingerprint density at radius 2 is 1.83 bits per heavy atom. The van der Waals surface area contributed by atoms with Crippen LogP contribution in [0.1, 0.15) is 39.5 Å². The summed E-state index contributed by atoms with van der Waals surface area (Å²) in [5.41, 5.74) is 0. The van der Waals surface area contributed by atoms with Crippen molar-refractivity contribution in [3.8, 4) is 0 Å². The zero-order chi connectivity index (χ0) is 9.23. The summed E-state index contributed by atoms with van der Waals surface area (Å²) in [6, 6.07) is 0. The molecule has 0 bridgehead atoms. The Bertz CT molecular complexity index is 166. The number of unbranched alkanes of at least 4 members (excludes halogenated alkanes) is 1. The van der Waals surface area contributed by atoms with E-state index in [1.807, 2.05) is 32.1 Å². The van der Waals surface area contributed by atoms with Gasteiger partial charge in [0, 0.05) is 12.8 Å². The van der Waals surface area contributed by atoms with Gasteiger partial charge in [-0.05, 0) is 26.7 Å². The lowest BCUT2D eigenvalue weighted by molar-refractivity contribution is -0.118. The third kappa shape index (κ3) is 7.26. The van der Waals surface area contributed by atoms with Crippen LogP contribution in [-0.2, 0) is 4.79 Å². The summed E-state index contributed by atoms with van der Waals surface area (Å²) in [4.78, 5) is 11.1. The molecular formula is C11H18O. The van der Waals surface area contributed by atoms with Gasteiger partial charge in [-0.3, -0.25) is 4.79 Å². The summed E-state index contributed by atoms with van der Waals surface area (Å²) in [6.45, 7) is 3.94. The van der Waals surface area contributed by atoms with E-state index in [2.05, 4.69) is 6.08 Å². The van der Waals surface area contributed by atoms with Gasteiger partial charge in [-0.2, -0.15) is 0 Å². The Morgan fingerprint density at radius 3 is 2.42 bits per heavy atom. The van der Waals surface area contributed by atoms with E-state index in [0.29, 0.717) is 18.6 Å². The number of carbonyl (C=O) groups is 1. The minimum absolute atomic E-state index is 0.345. The van der Waals surface area contributed by atoms with Gasteiger partial charge in [-0.25, -0.2) is 0 Å². The van der Waals surface area contributed by atoms with Crippen molar-refractivity contribution >= 4 is 5.78 Å². The lowest BCUT2D eigenvalue weighted by Gasteiger charge is -1.94. The van der Waals surface area contributed by atoms with Crippen LogP contribution in [0.5, 0.6) is 0 Å². The first-order valence-corrected chi connectivity index (χ1v) is 4.55. The smallest absolute Gasteiger partial charge is 0.136 e. The molecule has 0 saturated heterocycles. The topological polar surface area (TPSA) is 17.1 Å². The largest absolute Gasteiger partial charge is 0.299 e. The van der Waals surface area contributed by atoms with Crippen LogP contribution >= 0.6 is 0 Å². The van der Waals surface area contributed by atoms with E-state index >= 15 is 0 Å². The van der Waals surface area contributed by atoms with E-state index in [1.165, 1.54) is 0 Å². The third-order valence-corrected chi connectivity index (χ3v) is 1.64. The average molecular weight is 166 g/mol. The predicted octanol–water partition coefficient (Wildman–Crippen LogP) is 3.27. The number of hydrogen-bond acceptors (Lipinski definition) is 1. The van der Waals surface area contributed by atoms with Gasteiger partial charge >= 0.3 is 0 Å². The molecule has 0 saturated carbocycles. The maximum atomic E-state index is 11.1. The second kappa shape index (κ2) is 8.25. The van der Waals surface area contributed by atoms with E-state index in [1.54, 1.807) is 0 Å². The Labute approximate surface area is 75.2 Å². The molecule has 0 aromatic heterocycles. The van der Waals surface area contributed by atoms with Crippen molar-refractivity contribution < 1.29 is 4.79 Å². The maximum Gasteiger partial charge on any atom is 0.136 e. The highest BCUT2D eigenvalue weighted by Gasteiger charge is 1.96. The Morgan fingerprint density at radius 1 is 1.17 bits per heavy atom. The summed E-state index contributed by atoms with van der Waals surface area (Å²) in [7, 11) is 0. The first-order chi connectivity index (χ1) is 5.81. The second-order valence-corrected chi connectivity index (χ2v) is 2.77. The number of ketones is 1. The van der Waals surface area contributed by atoms with Crippen molar-refractivity contribution in [2.24, 2.45) is 0 Å². The lowest BCUT2D eigenvalue weighted by atomic mass is 10.1. The van der Waals surface area contributed by atoms with E-state index in [-0.39, 0.29) is 0 Å². The van der Waals surface area contributed by atoms with E-state index in [4.69, 9.17) is 0 Å². The molecule has 0 radical (unpaired) electrons. The normalized spacial score (nSPS) is 11.5. The highest BCUT2D eigenvalue weighted by Crippen LogP contribution is 2.00. The molecule has 0 aliphatic carbocycles. The highest BCUT2D eigenvalue weighted by atomic mass is 16.1. The molecule has 0 amide bonds. The fourth-order valence-electron chi connectivity index (χ4n) is 0.935. The molecule has 0 rings (SSSR count). The van der Waals surface area contributed by atoms with E-state index in [0.717, 1.165) is 12.8 Å². The molecule has 0 spiro atoms. The molecule has 1 heteroatoms. The van der Waals surface area contributed by atoms with Gasteiger partial charge in [-0.15, -0.1) is 0 Å². The zero-order valence-electron chi connectivity index (χ0n) is 8.05. The van der Waals surface area contributed by atoms with Crippen molar-refractivity contribution in [3.05, 3.63) is 24.3 Å². The molecule has 1 nitrogen and oxygen atoms in total. The monoisotopic (exact) mass is 166 g/mol. The molecule has 0 aliphatic heterocycles. The second-order valence-electron chi connectivity index (χ2n) is 2.77. The van der Waals surface area contributed by atoms with Crippen LogP contribution in [0, 0.1) is 0 Å².